The third-order valence-corrected chi connectivity index (χ3v) is 2.74. The van der Waals surface area contributed by atoms with Gasteiger partial charge in [0.05, 0.1) is 7.11 Å². The summed E-state index contributed by atoms with van der Waals surface area (Å²) in [6.07, 6.45) is 0. The van der Waals surface area contributed by atoms with Crippen molar-refractivity contribution in [3.63, 3.8) is 0 Å². The second-order valence-electron chi connectivity index (χ2n) is 3.69. The van der Waals surface area contributed by atoms with E-state index in [0.29, 0.717) is 17.0 Å². The molecule has 4 nitrogen and oxygen atoms in total. The van der Waals surface area contributed by atoms with Crippen LogP contribution in [-0.4, -0.2) is 18.0 Å². The van der Waals surface area contributed by atoms with Crippen LogP contribution >= 0.6 is 23.2 Å². The van der Waals surface area contributed by atoms with E-state index in [1.165, 1.54) is 12.1 Å². The number of ether oxygens (including phenoxy) is 1. The quantitative estimate of drug-likeness (QED) is 0.880. The summed E-state index contributed by atoms with van der Waals surface area (Å²) in [5.74, 6) is 0.336. The normalized spacial score (nSPS) is 10.1. The summed E-state index contributed by atoms with van der Waals surface area (Å²) in [6, 6.07) is 9.93. The Morgan fingerprint density at radius 1 is 1.21 bits per heavy atom. The van der Waals surface area contributed by atoms with E-state index in [1.54, 1.807) is 31.4 Å². The van der Waals surface area contributed by atoms with Crippen LogP contribution in [0.4, 0.5) is 5.69 Å². The Balaban J connectivity index is 2.20. The van der Waals surface area contributed by atoms with Crippen LogP contribution in [0.2, 0.25) is 10.3 Å². The number of methoxy groups -OCH3 is 1. The molecule has 1 aromatic heterocycles. The van der Waals surface area contributed by atoms with Crippen molar-refractivity contribution in [2.75, 3.05) is 12.4 Å². The number of hydrogen-bond donors (Lipinski definition) is 1. The molecule has 0 saturated carbocycles. The molecular weight excluding hydrogens is 287 g/mol. The van der Waals surface area contributed by atoms with Gasteiger partial charge in [0.1, 0.15) is 16.1 Å². The first kappa shape index (κ1) is 13.6. The molecule has 0 saturated heterocycles. The highest BCUT2D eigenvalue weighted by molar-refractivity contribution is 6.33. The number of aromatic nitrogens is 1. The van der Waals surface area contributed by atoms with Crippen LogP contribution in [-0.2, 0) is 0 Å². The van der Waals surface area contributed by atoms with Crippen molar-refractivity contribution >= 4 is 34.8 Å². The molecule has 1 heterocycles. The van der Waals surface area contributed by atoms with E-state index in [0.717, 1.165) is 0 Å². The molecule has 1 aromatic carbocycles. The zero-order chi connectivity index (χ0) is 13.8. The first-order valence-corrected chi connectivity index (χ1v) is 6.12. The fraction of sp³-hybridized carbons (Fsp3) is 0.0769. The van der Waals surface area contributed by atoms with Crippen molar-refractivity contribution in [2.24, 2.45) is 0 Å². The van der Waals surface area contributed by atoms with Crippen LogP contribution in [0.25, 0.3) is 0 Å². The molecule has 2 aromatic rings. The maximum absolute atomic E-state index is 12.0. The zero-order valence-corrected chi connectivity index (χ0v) is 11.5. The topological polar surface area (TPSA) is 51.2 Å². The molecule has 0 aliphatic carbocycles. The average molecular weight is 297 g/mol. The van der Waals surface area contributed by atoms with Gasteiger partial charge in [-0.25, -0.2) is 4.98 Å². The summed E-state index contributed by atoms with van der Waals surface area (Å²) >= 11 is 11.5. The fourth-order valence-electron chi connectivity index (χ4n) is 1.50. The molecule has 0 atom stereocenters. The van der Waals surface area contributed by atoms with Crippen LogP contribution in [0.3, 0.4) is 0 Å². The number of pyridine rings is 1. The summed E-state index contributed by atoms with van der Waals surface area (Å²) in [5.41, 5.74) is 0.959. The molecule has 19 heavy (non-hydrogen) atoms. The summed E-state index contributed by atoms with van der Waals surface area (Å²) < 4.78 is 5.08. The Morgan fingerprint density at radius 2 is 1.89 bits per heavy atom. The highest BCUT2D eigenvalue weighted by Crippen LogP contribution is 2.19. The SMILES string of the molecule is COc1cccc(NC(=O)c2cc(Cl)nc(Cl)c2)c1. The van der Waals surface area contributed by atoms with Crippen LogP contribution < -0.4 is 10.1 Å². The number of halogens is 2. The predicted molar refractivity (Wildman–Crippen MR) is 75.2 cm³/mol. The van der Waals surface area contributed by atoms with Gasteiger partial charge in [-0.05, 0) is 24.3 Å². The third kappa shape index (κ3) is 3.59. The molecule has 0 bridgehead atoms. The first-order chi connectivity index (χ1) is 9.08. The monoisotopic (exact) mass is 296 g/mol. The van der Waals surface area contributed by atoms with E-state index in [-0.39, 0.29) is 16.2 Å². The first-order valence-electron chi connectivity index (χ1n) is 5.37. The summed E-state index contributed by atoms with van der Waals surface area (Å²) in [5, 5.41) is 3.06. The van der Waals surface area contributed by atoms with Crippen molar-refractivity contribution in [1.82, 2.24) is 4.98 Å². The summed E-state index contributed by atoms with van der Waals surface area (Å²) in [4.78, 5) is 15.8. The van der Waals surface area contributed by atoms with Gasteiger partial charge in [-0.1, -0.05) is 29.3 Å². The summed E-state index contributed by atoms with van der Waals surface area (Å²) in [7, 11) is 1.56. The number of carbonyl (C=O) groups excluding carboxylic acids is 1. The van der Waals surface area contributed by atoms with E-state index in [4.69, 9.17) is 27.9 Å². The third-order valence-electron chi connectivity index (χ3n) is 2.35. The van der Waals surface area contributed by atoms with Crippen molar-refractivity contribution in [1.29, 1.82) is 0 Å². The number of rotatable bonds is 3. The molecule has 98 valence electrons. The average Bonchev–Trinajstić information content (AvgIpc) is 2.37. The molecule has 6 heteroatoms. The number of nitrogens with one attached hydrogen (secondary N) is 1. The molecule has 0 aliphatic rings. The van der Waals surface area contributed by atoms with Gasteiger partial charge in [-0.2, -0.15) is 0 Å². The molecule has 1 amide bonds. The van der Waals surface area contributed by atoms with Crippen molar-refractivity contribution in [3.8, 4) is 5.75 Å². The maximum atomic E-state index is 12.0. The number of amides is 1. The predicted octanol–water partition coefficient (Wildman–Crippen LogP) is 3.65. The molecule has 0 radical (unpaired) electrons. The number of anilines is 1. The number of carbonyl (C=O) groups is 1. The number of nitrogens with zero attached hydrogens (tertiary/aromatic N) is 1. The van der Waals surface area contributed by atoms with Gasteiger partial charge in [0.15, 0.2) is 0 Å². The molecular formula is C13H10Cl2N2O2. The van der Waals surface area contributed by atoms with Gasteiger partial charge < -0.3 is 10.1 Å². The molecule has 1 N–H and O–H groups in total. The van der Waals surface area contributed by atoms with Gasteiger partial charge in [-0.15, -0.1) is 0 Å². The fourth-order valence-corrected chi connectivity index (χ4v) is 1.96. The van der Waals surface area contributed by atoms with Gasteiger partial charge in [0.2, 0.25) is 0 Å². The molecule has 2 rings (SSSR count). The summed E-state index contributed by atoms with van der Waals surface area (Å²) in [6.45, 7) is 0. The lowest BCUT2D eigenvalue weighted by molar-refractivity contribution is 0.102. The Hall–Kier alpha value is -1.78. The smallest absolute Gasteiger partial charge is 0.255 e. The Kier molecular flexibility index (Phi) is 4.24. The van der Waals surface area contributed by atoms with Crippen molar-refractivity contribution in [3.05, 3.63) is 52.3 Å². The van der Waals surface area contributed by atoms with E-state index < -0.39 is 0 Å². The van der Waals surface area contributed by atoms with Crippen molar-refractivity contribution < 1.29 is 9.53 Å². The van der Waals surface area contributed by atoms with Gasteiger partial charge in [0.25, 0.3) is 5.91 Å². The van der Waals surface area contributed by atoms with Crippen LogP contribution in [0.15, 0.2) is 36.4 Å². The van der Waals surface area contributed by atoms with Gasteiger partial charge in [-0.3, -0.25) is 4.79 Å². The Bertz CT molecular complexity index is 597. The second kappa shape index (κ2) is 5.91. The molecule has 0 unspecified atom stereocenters. The van der Waals surface area contributed by atoms with Gasteiger partial charge >= 0.3 is 0 Å². The minimum absolute atomic E-state index is 0.170. The molecule has 0 aliphatic heterocycles. The van der Waals surface area contributed by atoms with E-state index >= 15 is 0 Å². The van der Waals surface area contributed by atoms with E-state index in [1.807, 2.05) is 0 Å². The number of benzene rings is 1. The lowest BCUT2D eigenvalue weighted by Crippen LogP contribution is -2.12. The second-order valence-corrected chi connectivity index (χ2v) is 4.46. The van der Waals surface area contributed by atoms with Crippen LogP contribution in [0.1, 0.15) is 10.4 Å². The standard InChI is InChI=1S/C13H10Cl2N2O2/c1-19-10-4-2-3-9(7-10)16-13(18)8-5-11(14)17-12(15)6-8/h2-7H,1H3,(H,16,18). The van der Waals surface area contributed by atoms with E-state index in [9.17, 15) is 4.79 Å². The largest absolute Gasteiger partial charge is 0.497 e. The lowest BCUT2D eigenvalue weighted by atomic mass is 10.2. The van der Waals surface area contributed by atoms with Crippen LogP contribution in [0.5, 0.6) is 5.75 Å². The minimum Gasteiger partial charge on any atom is -0.497 e. The van der Waals surface area contributed by atoms with Crippen molar-refractivity contribution in [2.45, 2.75) is 0 Å². The van der Waals surface area contributed by atoms with Gasteiger partial charge in [0, 0.05) is 17.3 Å². The zero-order valence-electron chi connectivity index (χ0n) is 9.98. The molecule has 0 spiro atoms. The Labute approximate surface area is 120 Å². The Morgan fingerprint density at radius 3 is 2.53 bits per heavy atom. The molecule has 0 fully saturated rings. The highest BCUT2D eigenvalue weighted by Gasteiger charge is 2.09. The van der Waals surface area contributed by atoms with Crippen LogP contribution in [0, 0.1) is 0 Å². The number of hydrogen-bond acceptors (Lipinski definition) is 3. The van der Waals surface area contributed by atoms with E-state index in [2.05, 4.69) is 10.3 Å². The maximum Gasteiger partial charge on any atom is 0.255 e. The minimum atomic E-state index is -0.320. The highest BCUT2D eigenvalue weighted by atomic mass is 35.5. The lowest BCUT2D eigenvalue weighted by Gasteiger charge is -2.07.